The summed E-state index contributed by atoms with van der Waals surface area (Å²) in [7, 11) is 2.04. The van der Waals surface area contributed by atoms with E-state index in [9.17, 15) is 8.78 Å². The number of halogens is 2. The molecule has 156 valence electrons. The lowest BCUT2D eigenvalue weighted by molar-refractivity contribution is 0.168. The summed E-state index contributed by atoms with van der Waals surface area (Å²) < 4.78 is 43.9. The molecule has 0 saturated heterocycles. The predicted octanol–water partition coefficient (Wildman–Crippen LogP) is 5.34. The van der Waals surface area contributed by atoms with Crippen LogP contribution in [0.2, 0.25) is 0 Å². The van der Waals surface area contributed by atoms with Gasteiger partial charge in [0.15, 0.2) is 23.1 Å². The average molecular weight is 411 g/mol. The molecule has 1 aliphatic rings. The highest BCUT2D eigenvalue weighted by Crippen LogP contribution is 2.36. The summed E-state index contributed by atoms with van der Waals surface area (Å²) in [5.41, 5.74) is 2.11. The summed E-state index contributed by atoms with van der Waals surface area (Å²) in [4.78, 5) is 2.20. The molecule has 30 heavy (non-hydrogen) atoms. The van der Waals surface area contributed by atoms with Crippen LogP contribution in [0.1, 0.15) is 23.7 Å². The third-order valence-electron chi connectivity index (χ3n) is 5.01. The highest BCUT2D eigenvalue weighted by atomic mass is 19.2. The molecule has 1 unspecified atom stereocenters. The number of fused-ring (bicyclic) bond motifs is 1. The second-order valence-corrected chi connectivity index (χ2v) is 7.31. The van der Waals surface area contributed by atoms with Crippen molar-refractivity contribution in [3.8, 4) is 17.2 Å². The lowest BCUT2D eigenvalue weighted by atomic mass is 10.0. The van der Waals surface area contributed by atoms with Crippen LogP contribution in [0, 0.1) is 11.6 Å². The molecule has 0 radical (unpaired) electrons. The first kappa shape index (κ1) is 20.2. The van der Waals surface area contributed by atoms with E-state index < -0.39 is 11.6 Å². The van der Waals surface area contributed by atoms with Gasteiger partial charge in [-0.25, -0.2) is 8.78 Å². The molecular weight excluding hydrogens is 388 g/mol. The molecule has 0 bridgehead atoms. The predicted molar refractivity (Wildman–Crippen MR) is 110 cm³/mol. The number of ether oxygens (including phenoxy) is 3. The molecule has 3 aromatic carbocycles. The van der Waals surface area contributed by atoms with Gasteiger partial charge in [0.05, 0.1) is 0 Å². The Morgan fingerprint density at radius 1 is 0.933 bits per heavy atom. The first-order chi connectivity index (χ1) is 14.6. The fraction of sp³-hybridized carbons (Fsp3) is 0.250. The summed E-state index contributed by atoms with van der Waals surface area (Å²) >= 11 is 0. The summed E-state index contributed by atoms with van der Waals surface area (Å²) in [5, 5.41) is 0. The summed E-state index contributed by atoms with van der Waals surface area (Å²) in [5.74, 6) is -0.208. The number of benzene rings is 3. The Hall–Kier alpha value is -3.12. The van der Waals surface area contributed by atoms with E-state index in [1.807, 2.05) is 43.4 Å². The van der Waals surface area contributed by atoms with Gasteiger partial charge >= 0.3 is 0 Å². The molecule has 4 rings (SSSR count). The first-order valence-electron chi connectivity index (χ1n) is 9.82. The van der Waals surface area contributed by atoms with Crippen molar-refractivity contribution >= 4 is 0 Å². The van der Waals surface area contributed by atoms with Gasteiger partial charge in [0, 0.05) is 25.6 Å². The fourth-order valence-corrected chi connectivity index (χ4v) is 3.43. The Morgan fingerprint density at radius 3 is 2.53 bits per heavy atom. The molecule has 1 atom stereocenters. The fourth-order valence-electron chi connectivity index (χ4n) is 3.43. The van der Waals surface area contributed by atoms with Crippen molar-refractivity contribution in [1.29, 1.82) is 0 Å². The monoisotopic (exact) mass is 411 g/mol. The topological polar surface area (TPSA) is 30.9 Å². The molecule has 3 aromatic rings. The van der Waals surface area contributed by atoms with E-state index in [2.05, 4.69) is 17.0 Å². The average Bonchev–Trinajstić information content (AvgIpc) is 3.22. The molecule has 0 N–H and O–H groups in total. The molecule has 1 aliphatic heterocycles. The van der Waals surface area contributed by atoms with Gasteiger partial charge in [-0.15, -0.1) is 0 Å². The molecule has 0 saturated carbocycles. The lowest BCUT2D eigenvalue weighted by Crippen LogP contribution is -2.22. The van der Waals surface area contributed by atoms with Crippen LogP contribution in [0.25, 0.3) is 0 Å². The van der Waals surface area contributed by atoms with Gasteiger partial charge in [-0.05, 0) is 42.4 Å². The van der Waals surface area contributed by atoms with Crippen LogP contribution in [-0.2, 0) is 6.54 Å². The molecule has 1 heterocycles. The van der Waals surface area contributed by atoms with Crippen LogP contribution in [0.15, 0.2) is 66.7 Å². The smallest absolute Gasteiger partial charge is 0.231 e. The second-order valence-electron chi connectivity index (χ2n) is 7.31. The normalized spacial score (nSPS) is 13.5. The van der Waals surface area contributed by atoms with Crippen LogP contribution >= 0.6 is 0 Å². The van der Waals surface area contributed by atoms with Crippen molar-refractivity contribution in [3.05, 3.63) is 89.5 Å². The minimum atomic E-state index is -0.932. The van der Waals surface area contributed by atoms with Crippen molar-refractivity contribution in [2.45, 2.75) is 19.1 Å². The summed E-state index contributed by atoms with van der Waals surface area (Å²) in [6, 6.07) is 19.4. The van der Waals surface area contributed by atoms with Gasteiger partial charge in [-0.2, -0.15) is 0 Å². The number of nitrogens with zero attached hydrogens (tertiary/aromatic N) is 1. The SMILES string of the molecule is CN(CCC(Oc1ccc(F)c(F)c1)c1ccc2c(c1)OCO2)Cc1ccccc1. The van der Waals surface area contributed by atoms with Crippen molar-refractivity contribution in [3.63, 3.8) is 0 Å². The van der Waals surface area contributed by atoms with Gasteiger partial charge < -0.3 is 19.1 Å². The number of hydrogen-bond donors (Lipinski definition) is 0. The molecule has 6 heteroatoms. The highest BCUT2D eigenvalue weighted by Gasteiger charge is 2.20. The van der Waals surface area contributed by atoms with Crippen molar-refractivity contribution in [1.82, 2.24) is 4.90 Å². The zero-order valence-corrected chi connectivity index (χ0v) is 16.7. The summed E-state index contributed by atoms with van der Waals surface area (Å²) in [6.45, 7) is 1.74. The molecule has 0 amide bonds. The minimum absolute atomic E-state index is 0.188. The van der Waals surface area contributed by atoms with Crippen LogP contribution in [0.3, 0.4) is 0 Å². The van der Waals surface area contributed by atoms with E-state index in [0.29, 0.717) is 17.9 Å². The lowest BCUT2D eigenvalue weighted by Gasteiger charge is -2.23. The van der Waals surface area contributed by atoms with Crippen LogP contribution in [0.4, 0.5) is 8.78 Å². The van der Waals surface area contributed by atoms with Crippen molar-refractivity contribution in [2.24, 2.45) is 0 Å². The molecule has 0 aromatic heterocycles. The van der Waals surface area contributed by atoms with Gasteiger partial charge in [0.25, 0.3) is 0 Å². The van der Waals surface area contributed by atoms with Gasteiger partial charge in [0.2, 0.25) is 6.79 Å². The van der Waals surface area contributed by atoms with E-state index in [0.717, 1.165) is 30.8 Å². The van der Waals surface area contributed by atoms with Gasteiger partial charge in [-0.3, -0.25) is 0 Å². The second kappa shape index (κ2) is 9.13. The van der Waals surface area contributed by atoms with Crippen LogP contribution in [-0.4, -0.2) is 25.3 Å². The number of rotatable bonds is 8. The Bertz CT molecular complexity index is 997. The maximum atomic E-state index is 13.7. The third kappa shape index (κ3) is 4.89. The van der Waals surface area contributed by atoms with Crippen molar-refractivity contribution in [2.75, 3.05) is 20.4 Å². The molecule has 0 aliphatic carbocycles. The summed E-state index contributed by atoms with van der Waals surface area (Å²) in [6.07, 6.45) is 0.296. The van der Waals surface area contributed by atoms with E-state index in [4.69, 9.17) is 14.2 Å². The minimum Gasteiger partial charge on any atom is -0.486 e. The quantitative estimate of drug-likeness (QED) is 0.501. The Labute approximate surface area is 174 Å². The van der Waals surface area contributed by atoms with E-state index in [1.165, 1.54) is 11.6 Å². The first-order valence-corrected chi connectivity index (χ1v) is 9.82. The zero-order chi connectivity index (χ0) is 20.9. The Morgan fingerprint density at radius 2 is 1.73 bits per heavy atom. The van der Waals surface area contributed by atoms with Gasteiger partial charge in [0.1, 0.15) is 11.9 Å². The Balaban J connectivity index is 1.50. The van der Waals surface area contributed by atoms with Crippen LogP contribution in [0.5, 0.6) is 17.2 Å². The largest absolute Gasteiger partial charge is 0.486 e. The molecular formula is C24H23F2NO3. The van der Waals surface area contributed by atoms with E-state index in [-0.39, 0.29) is 18.6 Å². The molecule has 0 fully saturated rings. The standard InChI is InChI=1S/C24H23F2NO3/c1-27(15-17-5-3-2-4-6-17)12-11-22(30-19-8-9-20(25)21(26)14-19)18-7-10-23-24(13-18)29-16-28-23/h2-10,13-14,22H,11-12,15-16H2,1H3. The van der Waals surface area contributed by atoms with Gasteiger partial charge in [-0.1, -0.05) is 36.4 Å². The molecule has 4 nitrogen and oxygen atoms in total. The maximum Gasteiger partial charge on any atom is 0.231 e. The highest BCUT2D eigenvalue weighted by molar-refractivity contribution is 5.45. The maximum absolute atomic E-state index is 13.7. The van der Waals surface area contributed by atoms with Crippen molar-refractivity contribution < 1.29 is 23.0 Å². The molecule has 0 spiro atoms. The van der Waals surface area contributed by atoms with E-state index in [1.54, 1.807) is 0 Å². The van der Waals surface area contributed by atoms with Crippen LogP contribution < -0.4 is 14.2 Å². The van der Waals surface area contributed by atoms with E-state index >= 15 is 0 Å². The zero-order valence-electron chi connectivity index (χ0n) is 16.7. The number of hydrogen-bond acceptors (Lipinski definition) is 4. The Kier molecular flexibility index (Phi) is 6.14. The third-order valence-corrected chi connectivity index (χ3v) is 5.01.